The molecule has 2 aliphatic heterocycles. The molecule has 29 heavy (non-hydrogen) atoms. The maximum atomic E-state index is 13.7. The van der Waals surface area contributed by atoms with E-state index in [9.17, 15) is 14.4 Å². The molecule has 1 spiro atoms. The third kappa shape index (κ3) is 2.86. The fourth-order valence-electron chi connectivity index (χ4n) is 3.87. The highest BCUT2D eigenvalue weighted by Crippen LogP contribution is 2.54. The fourth-order valence-corrected chi connectivity index (χ4v) is 3.87. The fraction of sp³-hybridized carbons (Fsp3) is 0.381. The Balaban J connectivity index is 2.41. The van der Waals surface area contributed by atoms with Crippen molar-refractivity contribution >= 4 is 23.5 Å². The number of hydrogen-bond donors (Lipinski definition) is 1. The molecule has 0 fully saturated rings. The maximum absolute atomic E-state index is 13.7. The maximum Gasteiger partial charge on any atom is 0.340 e. The van der Waals surface area contributed by atoms with E-state index in [1.165, 1.54) is 18.9 Å². The first kappa shape index (κ1) is 20.4. The Bertz CT molecular complexity index is 985. The molecule has 1 amide bonds. The Hall–Kier alpha value is -3.29. The van der Waals surface area contributed by atoms with E-state index in [4.69, 9.17) is 19.9 Å². The first-order chi connectivity index (χ1) is 13.5. The average Bonchev–Trinajstić information content (AvgIpc) is 2.83. The number of nitrogens with two attached hydrogens (primary N) is 1. The minimum absolute atomic E-state index is 0.0860. The van der Waals surface area contributed by atoms with Crippen LogP contribution in [0.4, 0.5) is 5.69 Å². The SMILES string of the molecule is COC(=O)C1=C(N)OC(C)=C(C(=O)OC(C)(C)C)[C@@]12C(=O)N(C)c1ccccc12. The zero-order valence-electron chi connectivity index (χ0n) is 17.3. The molecule has 0 saturated heterocycles. The molecule has 0 aliphatic carbocycles. The van der Waals surface area contributed by atoms with Crippen LogP contribution in [0, 0.1) is 0 Å². The van der Waals surface area contributed by atoms with Crippen LogP contribution in [0.3, 0.4) is 0 Å². The number of ether oxygens (including phenoxy) is 3. The van der Waals surface area contributed by atoms with Gasteiger partial charge in [0.05, 0.1) is 7.11 Å². The van der Waals surface area contributed by atoms with E-state index in [0.29, 0.717) is 11.3 Å². The summed E-state index contributed by atoms with van der Waals surface area (Å²) in [5.74, 6) is -2.37. The Morgan fingerprint density at radius 3 is 2.34 bits per heavy atom. The van der Waals surface area contributed by atoms with Crippen molar-refractivity contribution in [3.8, 4) is 0 Å². The highest BCUT2D eigenvalue weighted by atomic mass is 16.6. The van der Waals surface area contributed by atoms with Crippen molar-refractivity contribution in [2.24, 2.45) is 5.73 Å². The summed E-state index contributed by atoms with van der Waals surface area (Å²) in [7, 11) is 2.74. The van der Waals surface area contributed by atoms with Crippen LogP contribution in [-0.2, 0) is 34.0 Å². The molecular weight excluding hydrogens is 376 g/mol. The smallest absolute Gasteiger partial charge is 0.340 e. The monoisotopic (exact) mass is 400 g/mol. The predicted molar refractivity (Wildman–Crippen MR) is 104 cm³/mol. The van der Waals surface area contributed by atoms with Crippen molar-refractivity contribution in [1.29, 1.82) is 0 Å². The first-order valence-electron chi connectivity index (χ1n) is 9.05. The van der Waals surface area contributed by atoms with Gasteiger partial charge >= 0.3 is 11.9 Å². The van der Waals surface area contributed by atoms with Crippen LogP contribution in [0.5, 0.6) is 0 Å². The zero-order valence-corrected chi connectivity index (χ0v) is 17.3. The van der Waals surface area contributed by atoms with Crippen molar-refractivity contribution < 1.29 is 28.6 Å². The summed E-state index contributed by atoms with van der Waals surface area (Å²) in [4.78, 5) is 41.1. The van der Waals surface area contributed by atoms with E-state index in [2.05, 4.69) is 0 Å². The second-order valence-electron chi connectivity index (χ2n) is 7.90. The predicted octanol–water partition coefficient (Wildman–Crippen LogP) is 1.89. The van der Waals surface area contributed by atoms with Gasteiger partial charge in [0.1, 0.15) is 27.9 Å². The molecule has 3 rings (SSSR count). The van der Waals surface area contributed by atoms with Gasteiger partial charge in [0, 0.05) is 18.3 Å². The minimum Gasteiger partial charge on any atom is -0.465 e. The summed E-state index contributed by atoms with van der Waals surface area (Å²) in [6.07, 6.45) is 0. The lowest BCUT2D eigenvalue weighted by molar-refractivity contribution is -0.152. The van der Waals surface area contributed by atoms with Crippen LogP contribution in [0.25, 0.3) is 0 Å². The van der Waals surface area contributed by atoms with Crippen molar-refractivity contribution in [3.63, 3.8) is 0 Å². The van der Waals surface area contributed by atoms with E-state index in [0.717, 1.165) is 0 Å². The summed E-state index contributed by atoms with van der Waals surface area (Å²) in [5, 5.41) is 0. The molecule has 2 heterocycles. The summed E-state index contributed by atoms with van der Waals surface area (Å²) in [6.45, 7) is 6.63. The molecule has 1 atom stereocenters. The summed E-state index contributed by atoms with van der Waals surface area (Å²) in [6, 6.07) is 6.88. The zero-order chi connectivity index (χ0) is 21.7. The van der Waals surface area contributed by atoms with Crippen molar-refractivity contribution in [1.82, 2.24) is 0 Å². The Labute approximate surface area is 168 Å². The van der Waals surface area contributed by atoms with Crippen LogP contribution in [0.15, 0.2) is 47.1 Å². The number of likely N-dealkylation sites (N-methyl/N-ethyl adjacent to an activating group) is 1. The van der Waals surface area contributed by atoms with E-state index in [1.807, 2.05) is 0 Å². The van der Waals surface area contributed by atoms with Crippen molar-refractivity contribution in [2.75, 3.05) is 19.1 Å². The molecule has 0 radical (unpaired) electrons. The molecule has 8 heteroatoms. The lowest BCUT2D eigenvalue weighted by Gasteiger charge is -2.36. The van der Waals surface area contributed by atoms with Crippen molar-refractivity contribution in [3.05, 3.63) is 52.6 Å². The van der Waals surface area contributed by atoms with Gasteiger partial charge in [-0.15, -0.1) is 0 Å². The van der Waals surface area contributed by atoms with Gasteiger partial charge in [-0.25, -0.2) is 9.59 Å². The van der Waals surface area contributed by atoms with Crippen LogP contribution in [0.2, 0.25) is 0 Å². The normalized spacial score (nSPS) is 21.3. The molecule has 154 valence electrons. The number of esters is 2. The third-order valence-electron chi connectivity index (χ3n) is 4.90. The number of nitrogens with zero attached hydrogens (tertiary/aromatic N) is 1. The number of methoxy groups -OCH3 is 1. The molecule has 1 aromatic carbocycles. The molecule has 2 N–H and O–H groups in total. The van der Waals surface area contributed by atoms with E-state index in [-0.39, 0.29) is 22.8 Å². The highest BCUT2D eigenvalue weighted by Gasteiger charge is 2.63. The van der Waals surface area contributed by atoms with Gasteiger partial charge in [-0.1, -0.05) is 18.2 Å². The standard InChI is InChI=1S/C21H24N2O6/c1-11-14(18(25)29-20(2,3)4)21(15(16(22)28-11)17(24)27-6)12-9-7-8-10-13(12)23(5)19(21)26/h7-10H,22H2,1-6H3/t21-/m1/s1. The topological polar surface area (TPSA) is 108 Å². The van der Waals surface area contributed by atoms with Crippen LogP contribution < -0.4 is 10.6 Å². The van der Waals surface area contributed by atoms with Gasteiger partial charge in [0.2, 0.25) is 11.8 Å². The van der Waals surface area contributed by atoms with Gasteiger partial charge in [-0.2, -0.15) is 0 Å². The molecule has 0 unspecified atom stereocenters. The number of benzene rings is 1. The summed E-state index contributed by atoms with van der Waals surface area (Å²) >= 11 is 0. The third-order valence-corrected chi connectivity index (χ3v) is 4.90. The molecule has 8 nitrogen and oxygen atoms in total. The van der Waals surface area contributed by atoms with Gasteiger partial charge in [0.25, 0.3) is 0 Å². The summed E-state index contributed by atoms with van der Waals surface area (Å²) in [5.41, 5.74) is 4.03. The molecule has 0 saturated carbocycles. The van der Waals surface area contributed by atoms with Gasteiger partial charge in [-0.3, -0.25) is 4.79 Å². The van der Waals surface area contributed by atoms with Crippen LogP contribution in [0.1, 0.15) is 33.3 Å². The molecule has 0 bridgehead atoms. The highest BCUT2D eigenvalue weighted by molar-refractivity contribution is 6.22. The number of hydrogen-bond acceptors (Lipinski definition) is 7. The second-order valence-corrected chi connectivity index (χ2v) is 7.90. The number of carbonyl (C=O) groups excluding carboxylic acids is 3. The Kier molecular flexibility index (Phi) is 4.69. The molecular formula is C21H24N2O6. The number of fused-ring (bicyclic) bond motifs is 2. The number of amides is 1. The lowest BCUT2D eigenvalue weighted by Crippen LogP contribution is -2.50. The van der Waals surface area contributed by atoms with Crippen LogP contribution >= 0.6 is 0 Å². The quantitative estimate of drug-likeness (QED) is 0.755. The number of allylic oxidation sites excluding steroid dienone is 1. The van der Waals surface area contributed by atoms with Crippen molar-refractivity contribution in [2.45, 2.75) is 38.7 Å². The number of rotatable bonds is 2. The molecule has 1 aromatic rings. The van der Waals surface area contributed by atoms with Gasteiger partial charge in [0.15, 0.2) is 0 Å². The number of anilines is 1. The first-order valence-corrected chi connectivity index (χ1v) is 9.05. The number of para-hydroxylation sites is 1. The minimum atomic E-state index is -1.83. The van der Waals surface area contributed by atoms with Gasteiger partial charge in [-0.05, 0) is 33.8 Å². The Morgan fingerprint density at radius 1 is 1.14 bits per heavy atom. The summed E-state index contributed by atoms with van der Waals surface area (Å²) < 4.78 is 16.0. The Morgan fingerprint density at radius 2 is 1.76 bits per heavy atom. The molecule has 0 aromatic heterocycles. The van der Waals surface area contributed by atoms with E-state index >= 15 is 0 Å². The van der Waals surface area contributed by atoms with Crippen LogP contribution in [-0.4, -0.2) is 37.6 Å². The van der Waals surface area contributed by atoms with E-state index < -0.39 is 28.9 Å². The van der Waals surface area contributed by atoms with E-state index in [1.54, 1.807) is 52.1 Å². The lowest BCUT2D eigenvalue weighted by atomic mass is 9.67. The largest absolute Gasteiger partial charge is 0.465 e. The van der Waals surface area contributed by atoms with Gasteiger partial charge < -0.3 is 24.8 Å². The average molecular weight is 400 g/mol. The second kappa shape index (κ2) is 6.65. The molecule has 2 aliphatic rings. The number of carbonyl (C=O) groups is 3.